The van der Waals surface area contributed by atoms with E-state index in [2.05, 4.69) is 10.6 Å². The van der Waals surface area contributed by atoms with Crippen molar-refractivity contribution in [3.63, 3.8) is 0 Å². The molecule has 2 N–H and O–H groups in total. The van der Waals surface area contributed by atoms with Gasteiger partial charge in [-0.3, -0.25) is 38.6 Å². The fraction of sp³-hybridized carbons (Fsp3) is 0.522. The van der Waals surface area contributed by atoms with Crippen LogP contribution in [-0.4, -0.2) is 154 Å². The molecule has 0 unspecified atom stereocenters. The minimum atomic E-state index is -1.31. The Morgan fingerprint density at radius 2 is 0.824 bits per heavy atom. The summed E-state index contributed by atoms with van der Waals surface area (Å²) in [6.07, 6.45) is -1.99. The molecule has 2 aromatic rings. The molecule has 22 heteroatoms. The predicted molar refractivity (Wildman–Crippen MR) is 237 cm³/mol. The summed E-state index contributed by atoms with van der Waals surface area (Å²) in [4.78, 5) is 133. The van der Waals surface area contributed by atoms with Gasteiger partial charge in [0.15, 0.2) is 13.5 Å². The maximum Gasteiger partial charge on any atom is 0.408 e. The fourth-order valence-electron chi connectivity index (χ4n) is 6.83. The van der Waals surface area contributed by atoms with E-state index in [1.165, 1.54) is 38.1 Å². The van der Waals surface area contributed by atoms with Crippen molar-refractivity contribution in [2.45, 2.75) is 117 Å². The summed E-state index contributed by atoms with van der Waals surface area (Å²) in [5.74, 6) is -5.20. The summed E-state index contributed by atoms with van der Waals surface area (Å²) in [5, 5.41) is 4.94. The largest absolute Gasteiger partial charge is 0.444 e. The number of esters is 4. The lowest BCUT2D eigenvalue weighted by molar-refractivity contribution is -0.169. The number of amides is 6. The zero-order valence-corrected chi connectivity index (χ0v) is 39.9. The second-order valence-electron chi connectivity index (χ2n) is 18.2. The van der Waals surface area contributed by atoms with Crippen molar-refractivity contribution in [2.75, 3.05) is 39.6 Å². The van der Waals surface area contributed by atoms with E-state index in [-0.39, 0.29) is 50.5 Å². The number of imide groups is 2. The van der Waals surface area contributed by atoms with Crippen LogP contribution in [0.1, 0.15) is 80.4 Å². The van der Waals surface area contributed by atoms with Gasteiger partial charge in [-0.25, -0.2) is 29.0 Å². The number of ether oxygens (including phenoxy) is 6. The molecule has 2 aliphatic heterocycles. The molecular weight excluding hydrogens is 893 g/mol. The van der Waals surface area contributed by atoms with Crippen LogP contribution in [0.5, 0.6) is 11.5 Å². The number of rotatable bonds is 17. The zero-order valence-electron chi connectivity index (χ0n) is 39.9. The van der Waals surface area contributed by atoms with Crippen LogP contribution in [0.15, 0.2) is 48.5 Å². The Bertz CT molecular complexity index is 2030. The third-order valence-corrected chi connectivity index (χ3v) is 10.3. The Kier molecular flexibility index (Phi) is 18.3. The van der Waals surface area contributed by atoms with E-state index in [1.807, 2.05) is 0 Å². The van der Waals surface area contributed by atoms with Crippen LogP contribution < -0.4 is 20.1 Å². The van der Waals surface area contributed by atoms with Crippen molar-refractivity contribution in [2.24, 2.45) is 0 Å². The Balaban J connectivity index is 1.33. The normalized spacial score (nSPS) is 16.7. The molecule has 2 saturated heterocycles. The van der Waals surface area contributed by atoms with Crippen LogP contribution in [0, 0.1) is 0 Å². The highest BCUT2D eigenvalue weighted by atomic mass is 16.6. The SMILES string of the molecule is CC(=O)Oc1ccc(C[C@H](NC(=O)OC(C)(C)C)C(=O)OCN2C(=O)CN([C@H](C)[C@H](C)N3CC(=O)N(COC(=O)[C@H](Cc4ccc(OC(C)=O)cc4)NC(=O)OC(C)(C)C)C(=O)C3)CC2=O)cc1. The van der Waals surface area contributed by atoms with Gasteiger partial charge in [-0.2, -0.15) is 0 Å². The average molecular weight is 953 g/mol. The third kappa shape index (κ3) is 16.7. The number of nitrogens with one attached hydrogen (secondary N) is 2. The van der Waals surface area contributed by atoms with Gasteiger partial charge in [0.25, 0.3) is 0 Å². The van der Waals surface area contributed by atoms with Crippen LogP contribution in [0.3, 0.4) is 0 Å². The molecule has 4 atom stereocenters. The van der Waals surface area contributed by atoms with Gasteiger partial charge in [0.1, 0.15) is 34.8 Å². The molecule has 2 heterocycles. The number of carbonyl (C=O) groups is 10. The lowest BCUT2D eigenvalue weighted by atomic mass is 10.1. The molecule has 68 heavy (non-hydrogen) atoms. The third-order valence-electron chi connectivity index (χ3n) is 10.3. The number of hydrogen-bond acceptors (Lipinski definition) is 18. The molecule has 6 amide bonds. The molecule has 22 nitrogen and oxygen atoms in total. The van der Waals surface area contributed by atoms with Gasteiger partial charge in [-0.1, -0.05) is 24.3 Å². The lowest BCUT2D eigenvalue weighted by Crippen LogP contribution is -2.63. The van der Waals surface area contributed by atoms with Crippen molar-refractivity contribution < 1.29 is 76.4 Å². The summed E-state index contributed by atoms with van der Waals surface area (Å²) in [5.41, 5.74) is -0.689. The Morgan fingerprint density at radius 1 is 0.529 bits per heavy atom. The van der Waals surface area contributed by atoms with Crippen molar-refractivity contribution in [3.8, 4) is 11.5 Å². The van der Waals surface area contributed by atoms with Gasteiger partial charge in [0.05, 0.1) is 26.2 Å². The number of carbonyl (C=O) groups excluding carboxylic acids is 10. The molecule has 0 bridgehead atoms. The van der Waals surface area contributed by atoms with E-state index in [1.54, 1.807) is 89.5 Å². The summed E-state index contributed by atoms with van der Waals surface area (Å²) < 4.78 is 31.5. The van der Waals surface area contributed by atoms with E-state index in [0.717, 1.165) is 9.80 Å². The number of piperazine rings is 2. The number of nitrogens with zero attached hydrogens (tertiary/aromatic N) is 4. The molecule has 0 spiro atoms. The monoisotopic (exact) mass is 952 g/mol. The molecule has 2 aliphatic rings. The van der Waals surface area contributed by atoms with Crippen LogP contribution in [0.25, 0.3) is 0 Å². The van der Waals surface area contributed by atoms with Gasteiger partial charge in [0, 0.05) is 38.8 Å². The predicted octanol–water partition coefficient (Wildman–Crippen LogP) is 2.23. The molecule has 2 aromatic carbocycles. The van der Waals surface area contributed by atoms with E-state index in [4.69, 9.17) is 28.4 Å². The Hall–Kier alpha value is -6.94. The number of alkyl carbamates (subject to hydrolysis) is 2. The highest BCUT2D eigenvalue weighted by Crippen LogP contribution is 2.20. The zero-order chi connectivity index (χ0) is 50.7. The molecule has 4 rings (SSSR count). The van der Waals surface area contributed by atoms with E-state index in [9.17, 15) is 47.9 Å². The summed E-state index contributed by atoms with van der Waals surface area (Å²) in [6, 6.07) is 8.62. The first kappa shape index (κ1) is 53.7. The number of benzene rings is 2. The maximum absolute atomic E-state index is 13.4. The summed E-state index contributed by atoms with van der Waals surface area (Å²) in [6.45, 7) is 13.2. The van der Waals surface area contributed by atoms with Gasteiger partial charge >= 0.3 is 36.1 Å². The Morgan fingerprint density at radius 3 is 1.09 bits per heavy atom. The fourth-order valence-corrected chi connectivity index (χ4v) is 6.83. The quantitative estimate of drug-likeness (QED) is 0.0997. The van der Waals surface area contributed by atoms with E-state index < -0.39 is 109 Å². The van der Waals surface area contributed by atoms with Gasteiger partial charge in [0.2, 0.25) is 23.6 Å². The molecule has 0 radical (unpaired) electrons. The van der Waals surface area contributed by atoms with Crippen molar-refractivity contribution >= 4 is 59.7 Å². The van der Waals surface area contributed by atoms with E-state index in [0.29, 0.717) is 11.1 Å². The van der Waals surface area contributed by atoms with Crippen LogP contribution in [0.4, 0.5) is 9.59 Å². The lowest BCUT2D eigenvalue weighted by Gasteiger charge is -2.43. The first-order valence-electron chi connectivity index (χ1n) is 21.7. The highest BCUT2D eigenvalue weighted by Gasteiger charge is 2.41. The van der Waals surface area contributed by atoms with Crippen molar-refractivity contribution in [1.82, 2.24) is 30.2 Å². The minimum absolute atomic E-state index is 0.0840. The van der Waals surface area contributed by atoms with Gasteiger partial charge in [-0.05, 0) is 90.8 Å². The van der Waals surface area contributed by atoms with Crippen molar-refractivity contribution in [3.05, 3.63) is 59.7 Å². The van der Waals surface area contributed by atoms with Gasteiger partial charge in [-0.15, -0.1) is 0 Å². The molecule has 0 aliphatic carbocycles. The van der Waals surface area contributed by atoms with Crippen LogP contribution in [0.2, 0.25) is 0 Å². The summed E-state index contributed by atoms with van der Waals surface area (Å²) in [7, 11) is 0. The topological polar surface area (TPSA) is 263 Å². The summed E-state index contributed by atoms with van der Waals surface area (Å²) >= 11 is 0. The first-order valence-corrected chi connectivity index (χ1v) is 21.7. The van der Waals surface area contributed by atoms with Gasteiger partial charge < -0.3 is 39.1 Å². The Labute approximate surface area is 393 Å². The second-order valence-corrected chi connectivity index (χ2v) is 18.2. The average Bonchev–Trinajstić information content (AvgIpc) is 3.21. The van der Waals surface area contributed by atoms with E-state index >= 15 is 0 Å². The minimum Gasteiger partial charge on any atom is -0.444 e. The molecule has 2 fully saturated rings. The molecule has 0 saturated carbocycles. The van der Waals surface area contributed by atoms with Crippen molar-refractivity contribution in [1.29, 1.82) is 0 Å². The first-order chi connectivity index (χ1) is 31.7. The highest BCUT2D eigenvalue weighted by molar-refractivity contribution is 6.00. The standard InChI is InChI=1S/C46H60N6O16/c1-27(49-21-37(55)51(38(56)22-49)25-63-41(59)35(47-43(61)67-45(5,6)7)19-31-11-15-33(16-12-31)65-29(3)53)28(2)50-23-39(57)52(40(58)24-50)26-64-42(60)36(48-44(62)68-46(8,9)10)20-32-13-17-34(18-14-32)66-30(4)54/h11-18,27-28,35-36H,19-26H2,1-10H3,(H,47,61)(H,48,62)/t27-,28+,35-,36-/m0/s1. The van der Waals surface area contributed by atoms with Crippen LogP contribution >= 0.6 is 0 Å². The number of hydrogen-bond donors (Lipinski definition) is 2. The second kappa shape index (κ2) is 23.2. The molecule has 0 aromatic heterocycles. The molecule has 370 valence electrons. The maximum atomic E-state index is 13.4. The van der Waals surface area contributed by atoms with Crippen LogP contribution in [-0.2, 0) is 70.1 Å². The smallest absolute Gasteiger partial charge is 0.408 e. The molecular formula is C46H60N6O16.